The molecule has 0 bridgehead atoms. The lowest BCUT2D eigenvalue weighted by Crippen LogP contribution is -2.32. The first-order valence-corrected chi connectivity index (χ1v) is 9.00. The molecule has 1 atom stereocenters. The maximum absolute atomic E-state index is 9.92. The van der Waals surface area contributed by atoms with Crippen molar-refractivity contribution >= 4 is 0 Å². The van der Waals surface area contributed by atoms with Crippen molar-refractivity contribution in [2.75, 3.05) is 6.61 Å². The van der Waals surface area contributed by atoms with E-state index in [9.17, 15) is 5.11 Å². The van der Waals surface area contributed by atoms with Crippen molar-refractivity contribution < 1.29 is 9.94 Å². The van der Waals surface area contributed by atoms with Crippen LogP contribution in [0.4, 0.5) is 0 Å². The Kier molecular flexibility index (Phi) is 6.18. The number of hydrogen-bond donors (Lipinski definition) is 1. The lowest BCUT2D eigenvalue weighted by molar-refractivity contribution is -0.236. The van der Waals surface area contributed by atoms with Crippen LogP contribution in [0.3, 0.4) is 0 Å². The van der Waals surface area contributed by atoms with Gasteiger partial charge >= 0.3 is 0 Å². The van der Waals surface area contributed by atoms with Crippen molar-refractivity contribution in [1.29, 1.82) is 0 Å². The number of hydrogen-bond acceptors (Lipinski definition) is 3. The van der Waals surface area contributed by atoms with Crippen molar-refractivity contribution in [3.05, 3.63) is 84.4 Å². The summed E-state index contributed by atoms with van der Waals surface area (Å²) in [7, 11) is 0. The van der Waals surface area contributed by atoms with E-state index in [4.69, 9.17) is 4.84 Å². The Balaban J connectivity index is 2.02. The molecule has 0 aliphatic rings. The molecule has 0 amide bonds. The summed E-state index contributed by atoms with van der Waals surface area (Å²) in [5.41, 5.74) is 5.83. The molecule has 0 fully saturated rings. The van der Waals surface area contributed by atoms with Crippen molar-refractivity contribution in [2.24, 2.45) is 0 Å². The van der Waals surface area contributed by atoms with Gasteiger partial charge in [-0.25, -0.2) is 0 Å². The summed E-state index contributed by atoms with van der Waals surface area (Å²) in [4.78, 5) is 5.55. The van der Waals surface area contributed by atoms with Gasteiger partial charge in [-0.1, -0.05) is 72.8 Å². The highest BCUT2D eigenvalue weighted by Gasteiger charge is 2.14. The first kappa shape index (κ1) is 18.3. The topological polar surface area (TPSA) is 32.7 Å². The van der Waals surface area contributed by atoms with Crippen LogP contribution in [0.2, 0.25) is 0 Å². The average Bonchev–Trinajstić information content (AvgIpc) is 2.69. The zero-order valence-electron chi connectivity index (χ0n) is 15.3. The minimum Gasteiger partial charge on any atom is -0.377 e. The molecule has 0 saturated heterocycles. The molecule has 3 aromatic carbocycles. The summed E-state index contributed by atoms with van der Waals surface area (Å²) in [6, 6.07) is 27.2. The second-order valence-corrected chi connectivity index (χ2v) is 6.24. The highest BCUT2D eigenvalue weighted by atomic mass is 16.7. The molecule has 3 nitrogen and oxygen atoms in total. The van der Waals surface area contributed by atoms with E-state index in [-0.39, 0.29) is 0 Å². The van der Waals surface area contributed by atoms with E-state index in [2.05, 4.69) is 66.7 Å². The van der Waals surface area contributed by atoms with Gasteiger partial charge in [0.1, 0.15) is 6.23 Å². The second kappa shape index (κ2) is 8.77. The molecule has 3 aromatic rings. The molecule has 3 heteroatoms. The van der Waals surface area contributed by atoms with E-state index in [0.29, 0.717) is 13.2 Å². The SMILES string of the molecule is CCON(Cc1ccc(-c2ccccc2)c(-c2ccccc2)c1)C(C)O. The molecule has 0 aromatic heterocycles. The quantitative estimate of drug-likeness (QED) is 0.476. The molecule has 134 valence electrons. The monoisotopic (exact) mass is 347 g/mol. The molecule has 0 spiro atoms. The molecule has 26 heavy (non-hydrogen) atoms. The number of nitrogens with zero attached hydrogens (tertiary/aromatic N) is 1. The second-order valence-electron chi connectivity index (χ2n) is 6.24. The van der Waals surface area contributed by atoms with Gasteiger partial charge in [0.25, 0.3) is 0 Å². The van der Waals surface area contributed by atoms with E-state index in [1.165, 1.54) is 22.3 Å². The standard InChI is InChI=1S/C23H25NO2/c1-3-26-24(18(2)25)17-19-14-15-22(20-10-6-4-7-11-20)23(16-19)21-12-8-5-9-13-21/h4-16,18,25H,3,17H2,1-2H3. The molecule has 3 rings (SSSR count). The highest BCUT2D eigenvalue weighted by molar-refractivity contribution is 5.83. The molecule has 0 aliphatic carbocycles. The van der Waals surface area contributed by atoms with Gasteiger partial charge in [0.2, 0.25) is 0 Å². The molecule has 1 N–H and O–H groups in total. The zero-order valence-corrected chi connectivity index (χ0v) is 15.3. The third-order valence-corrected chi connectivity index (χ3v) is 4.30. The molecule has 0 saturated carbocycles. The third kappa shape index (κ3) is 4.38. The fraction of sp³-hybridized carbons (Fsp3) is 0.217. The number of hydroxylamine groups is 2. The van der Waals surface area contributed by atoms with Gasteiger partial charge in [0.15, 0.2) is 0 Å². The van der Waals surface area contributed by atoms with Crippen LogP contribution in [0.15, 0.2) is 78.9 Å². The van der Waals surface area contributed by atoms with Gasteiger partial charge in [0, 0.05) is 0 Å². The van der Waals surface area contributed by atoms with Crippen LogP contribution in [0.1, 0.15) is 19.4 Å². The Morgan fingerprint density at radius 1 is 0.846 bits per heavy atom. The first-order chi connectivity index (χ1) is 12.7. The summed E-state index contributed by atoms with van der Waals surface area (Å²) < 4.78 is 0. The van der Waals surface area contributed by atoms with E-state index in [1.807, 2.05) is 19.1 Å². The van der Waals surface area contributed by atoms with Gasteiger partial charge in [-0.05, 0) is 47.7 Å². The molecule has 0 aliphatic heterocycles. The largest absolute Gasteiger partial charge is 0.377 e. The van der Waals surface area contributed by atoms with Crippen molar-refractivity contribution in [1.82, 2.24) is 5.06 Å². The fourth-order valence-corrected chi connectivity index (χ4v) is 3.05. The smallest absolute Gasteiger partial charge is 0.127 e. The summed E-state index contributed by atoms with van der Waals surface area (Å²) in [6.45, 7) is 4.69. The Morgan fingerprint density at radius 3 is 1.96 bits per heavy atom. The predicted molar refractivity (Wildman–Crippen MR) is 106 cm³/mol. The molecule has 0 radical (unpaired) electrons. The number of rotatable bonds is 7. The van der Waals surface area contributed by atoms with Gasteiger partial charge < -0.3 is 5.11 Å². The van der Waals surface area contributed by atoms with E-state index < -0.39 is 6.23 Å². The summed E-state index contributed by atoms with van der Waals surface area (Å²) in [5.74, 6) is 0. The van der Waals surface area contributed by atoms with Crippen molar-refractivity contribution in [2.45, 2.75) is 26.6 Å². The van der Waals surface area contributed by atoms with Crippen LogP contribution in [0.25, 0.3) is 22.3 Å². The normalized spacial score (nSPS) is 12.3. The Hall–Kier alpha value is -2.46. The third-order valence-electron chi connectivity index (χ3n) is 4.30. The van der Waals surface area contributed by atoms with Gasteiger partial charge in [-0.15, -0.1) is 0 Å². The van der Waals surface area contributed by atoms with Gasteiger partial charge in [0.05, 0.1) is 13.2 Å². The van der Waals surface area contributed by atoms with Crippen molar-refractivity contribution in [3.63, 3.8) is 0 Å². The predicted octanol–water partition coefficient (Wildman–Crippen LogP) is 5.11. The summed E-state index contributed by atoms with van der Waals surface area (Å²) in [5, 5.41) is 11.5. The maximum Gasteiger partial charge on any atom is 0.127 e. The van der Waals surface area contributed by atoms with Gasteiger partial charge in [-0.2, -0.15) is 5.06 Å². The molecular weight excluding hydrogens is 322 g/mol. The maximum atomic E-state index is 9.92. The number of benzene rings is 3. The Morgan fingerprint density at radius 2 is 1.42 bits per heavy atom. The van der Waals surface area contributed by atoms with Crippen LogP contribution in [-0.4, -0.2) is 23.0 Å². The van der Waals surface area contributed by atoms with Gasteiger partial charge in [-0.3, -0.25) is 4.84 Å². The zero-order chi connectivity index (χ0) is 18.4. The molecular formula is C23H25NO2. The van der Waals surface area contributed by atoms with E-state index >= 15 is 0 Å². The summed E-state index contributed by atoms with van der Waals surface area (Å²) >= 11 is 0. The first-order valence-electron chi connectivity index (χ1n) is 9.00. The minimum atomic E-state index is -0.663. The molecule has 0 heterocycles. The molecule has 1 unspecified atom stereocenters. The van der Waals surface area contributed by atoms with Crippen LogP contribution in [0.5, 0.6) is 0 Å². The van der Waals surface area contributed by atoms with Crippen LogP contribution >= 0.6 is 0 Å². The van der Waals surface area contributed by atoms with E-state index in [1.54, 1.807) is 12.0 Å². The highest BCUT2D eigenvalue weighted by Crippen LogP contribution is 2.33. The lowest BCUT2D eigenvalue weighted by atomic mass is 9.93. The average molecular weight is 347 g/mol. The lowest BCUT2D eigenvalue weighted by Gasteiger charge is -2.24. The fourth-order valence-electron chi connectivity index (χ4n) is 3.05. The number of aliphatic hydroxyl groups excluding tert-OH is 1. The van der Waals surface area contributed by atoms with Crippen LogP contribution in [-0.2, 0) is 11.4 Å². The van der Waals surface area contributed by atoms with Crippen LogP contribution in [0, 0.1) is 0 Å². The number of aliphatic hydroxyl groups is 1. The van der Waals surface area contributed by atoms with E-state index in [0.717, 1.165) is 5.56 Å². The minimum absolute atomic E-state index is 0.526. The Bertz CT molecular complexity index is 816. The van der Waals surface area contributed by atoms with Crippen molar-refractivity contribution in [3.8, 4) is 22.3 Å². The summed E-state index contributed by atoms with van der Waals surface area (Å²) in [6.07, 6.45) is -0.663. The Labute approximate surface area is 155 Å². The van der Waals surface area contributed by atoms with Crippen LogP contribution < -0.4 is 0 Å².